The summed E-state index contributed by atoms with van der Waals surface area (Å²) < 4.78 is 23.7. The largest absolute Gasteiger partial charge is 0.486 e. The summed E-state index contributed by atoms with van der Waals surface area (Å²) in [5.41, 5.74) is 4.67. The second-order valence-corrected chi connectivity index (χ2v) is 5.28. The summed E-state index contributed by atoms with van der Waals surface area (Å²) in [5, 5.41) is 0. The third-order valence-corrected chi connectivity index (χ3v) is 3.41. The van der Waals surface area contributed by atoms with Crippen LogP contribution in [-0.4, -0.2) is 11.8 Å². The van der Waals surface area contributed by atoms with E-state index in [1.807, 2.05) is 30.3 Å². The van der Waals surface area contributed by atoms with Crippen LogP contribution in [-0.2, 0) is 6.61 Å². The van der Waals surface area contributed by atoms with Gasteiger partial charge in [0.25, 0.3) is 5.91 Å². The first kappa shape index (κ1) is 17.2. The van der Waals surface area contributed by atoms with Gasteiger partial charge in [0.05, 0.1) is 0 Å². The summed E-state index contributed by atoms with van der Waals surface area (Å²) >= 11 is 0. The Kier molecular flexibility index (Phi) is 5.28. The molecular weight excluding hydrogens is 339 g/mol. The van der Waals surface area contributed by atoms with Crippen LogP contribution in [0.15, 0.2) is 71.1 Å². The number of hydrogen-bond acceptors (Lipinski definition) is 4. The SMILES string of the molecule is O=C(NNC(=O)c1ccc(COc2ccccc2)o1)c1ccc(F)cc1. The third-order valence-electron chi connectivity index (χ3n) is 3.41. The van der Waals surface area contributed by atoms with Gasteiger partial charge >= 0.3 is 5.91 Å². The van der Waals surface area contributed by atoms with Gasteiger partial charge < -0.3 is 9.15 Å². The molecule has 1 heterocycles. The molecule has 2 amide bonds. The summed E-state index contributed by atoms with van der Waals surface area (Å²) in [5.74, 6) is -0.475. The van der Waals surface area contributed by atoms with Gasteiger partial charge in [-0.05, 0) is 48.5 Å². The summed E-state index contributed by atoms with van der Waals surface area (Å²) in [4.78, 5) is 23.9. The predicted molar refractivity (Wildman–Crippen MR) is 90.8 cm³/mol. The van der Waals surface area contributed by atoms with Crippen molar-refractivity contribution in [2.75, 3.05) is 0 Å². The number of halogens is 1. The van der Waals surface area contributed by atoms with Crippen LogP contribution in [0.5, 0.6) is 5.75 Å². The molecule has 0 radical (unpaired) electrons. The van der Waals surface area contributed by atoms with Crippen molar-refractivity contribution in [1.29, 1.82) is 0 Å². The van der Waals surface area contributed by atoms with E-state index in [0.717, 1.165) is 12.1 Å². The first-order valence-electron chi connectivity index (χ1n) is 7.74. The third kappa shape index (κ3) is 4.47. The van der Waals surface area contributed by atoms with E-state index in [2.05, 4.69) is 10.9 Å². The average Bonchev–Trinajstić information content (AvgIpc) is 3.15. The lowest BCUT2D eigenvalue weighted by molar-refractivity contribution is 0.0828. The van der Waals surface area contributed by atoms with Crippen LogP contribution in [0.25, 0.3) is 0 Å². The van der Waals surface area contributed by atoms with Gasteiger partial charge in [-0.3, -0.25) is 20.4 Å². The monoisotopic (exact) mass is 354 g/mol. The van der Waals surface area contributed by atoms with E-state index in [9.17, 15) is 14.0 Å². The Labute approximate surface area is 148 Å². The molecule has 26 heavy (non-hydrogen) atoms. The summed E-state index contributed by atoms with van der Waals surface area (Å²) in [6.07, 6.45) is 0. The van der Waals surface area contributed by atoms with Crippen molar-refractivity contribution in [3.63, 3.8) is 0 Å². The molecule has 3 aromatic rings. The zero-order chi connectivity index (χ0) is 18.4. The van der Waals surface area contributed by atoms with Crippen LogP contribution in [0.2, 0.25) is 0 Å². The van der Waals surface area contributed by atoms with Gasteiger partial charge in [-0.2, -0.15) is 0 Å². The normalized spacial score (nSPS) is 10.2. The molecule has 0 unspecified atom stereocenters. The Hall–Kier alpha value is -3.61. The zero-order valence-corrected chi connectivity index (χ0v) is 13.6. The zero-order valence-electron chi connectivity index (χ0n) is 13.6. The molecule has 132 valence electrons. The molecule has 1 aromatic heterocycles. The van der Waals surface area contributed by atoms with Crippen LogP contribution < -0.4 is 15.6 Å². The number of carbonyl (C=O) groups excluding carboxylic acids is 2. The minimum absolute atomic E-state index is 0.0241. The van der Waals surface area contributed by atoms with Crippen LogP contribution in [0.4, 0.5) is 4.39 Å². The molecule has 2 N–H and O–H groups in total. The Morgan fingerprint density at radius 3 is 2.31 bits per heavy atom. The van der Waals surface area contributed by atoms with Gasteiger partial charge in [-0.15, -0.1) is 0 Å². The molecule has 0 aliphatic rings. The Balaban J connectivity index is 1.51. The maximum absolute atomic E-state index is 12.8. The van der Waals surface area contributed by atoms with Gasteiger partial charge in [0, 0.05) is 5.56 Å². The number of hydrogen-bond donors (Lipinski definition) is 2. The number of para-hydroxylation sites is 1. The van der Waals surface area contributed by atoms with E-state index in [1.54, 1.807) is 6.07 Å². The van der Waals surface area contributed by atoms with Crippen molar-refractivity contribution in [3.8, 4) is 5.75 Å². The van der Waals surface area contributed by atoms with Crippen molar-refractivity contribution in [3.05, 3.63) is 89.6 Å². The average molecular weight is 354 g/mol. The smallest absolute Gasteiger partial charge is 0.305 e. The van der Waals surface area contributed by atoms with Crippen LogP contribution in [0.3, 0.4) is 0 Å². The number of benzene rings is 2. The van der Waals surface area contributed by atoms with Crippen molar-refractivity contribution in [1.82, 2.24) is 10.9 Å². The van der Waals surface area contributed by atoms with E-state index in [4.69, 9.17) is 9.15 Å². The second-order valence-electron chi connectivity index (χ2n) is 5.28. The van der Waals surface area contributed by atoms with Crippen molar-refractivity contribution < 1.29 is 23.1 Å². The van der Waals surface area contributed by atoms with Crippen LogP contribution >= 0.6 is 0 Å². The van der Waals surface area contributed by atoms with Gasteiger partial charge in [0.2, 0.25) is 0 Å². The fourth-order valence-corrected chi connectivity index (χ4v) is 2.10. The summed E-state index contributed by atoms with van der Waals surface area (Å²) in [7, 11) is 0. The fraction of sp³-hybridized carbons (Fsp3) is 0.0526. The molecule has 7 heteroatoms. The first-order valence-corrected chi connectivity index (χ1v) is 7.74. The van der Waals surface area contributed by atoms with Crippen LogP contribution in [0, 0.1) is 5.82 Å². The molecule has 0 fully saturated rings. The molecule has 0 aliphatic carbocycles. The van der Waals surface area contributed by atoms with E-state index >= 15 is 0 Å². The van der Waals surface area contributed by atoms with Gasteiger partial charge in [0.1, 0.15) is 23.9 Å². The second kappa shape index (κ2) is 7.98. The lowest BCUT2D eigenvalue weighted by Crippen LogP contribution is -2.41. The molecule has 0 bridgehead atoms. The quantitative estimate of drug-likeness (QED) is 0.690. The van der Waals surface area contributed by atoms with Crippen molar-refractivity contribution >= 4 is 11.8 Å². The number of hydrazine groups is 1. The van der Waals surface area contributed by atoms with Gasteiger partial charge in [-0.25, -0.2) is 4.39 Å². The highest BCUT2D eigenvalue weighted by atomic mass is 19.1. The highest BCUT2D eigenvalue weighted by Crippen LogP contribution is 2.13. The number of rotatable bonds is 5. The Morgan fingerprint density at radius 1 is 0.885 bits per heavy atom. The van der Waals surface area contributed by atoms with E-state index in [0.29, 0.717) is 11.5 Å². The molecule has 0 atom stereocenters. The number of nitrogens with one attached hydrogen (secondary N) is 2. The molecular formula is C19H15FN2O4. The van der Waals surface area contributed by atoms with Gasteiger partial charge in [-0.1, -0.05) is 18.2 Å². The maximum atomic E-state index is 12.8. The molecule has 3 rings (SSSR count). The first-order chi connectivity index (χ1) is 12.6. The maximum Gasteiger partial charge on any atom is 0.305 e. The number of ether oxygens (including phenoxy) is 1. The van der Waals surface area contributed by atoms with Crippen molar-refractivity contribution in [2.24, 2.45) is 0 Å². The minimum atomic E-state index is -0.619. The molecule has 2 aromatic carbocycles. The molecule has 0 saturated carbocycles. The number of amides is 2. The van der Waals surface area contributed by atoms with E-state index < -0.39 is 17.6 Å². The molecule has 6 nitrogen and oxygen atoms in total. The summed E-state index contributed by atoms with van der Waals surface area (Å²) in [6, 6.07) is 17.2. The lowest BCUT2D eigenvalue weighted by atomic mass is 10.2. The van der Waals surface area contributed by atoms with E-state index in [-0.39, 0.29) is 17.9 Å². The minimum Gasteiger partial charge on any atom is -0.486 e. The molecule has 0 aliphatic heterocycles. The molecule has 0 saturated heterocycles. The predicted octanol–water partition coefficient (Wildman–Crippen LogP) is 3.07. The van der Waals surface area contributed by atoms with Gasteiger partial charge in [0.15, 0.2) is 5.76 Å². The molecule has 0 spiro atoms. The Morgan fingerprint density at radius 2 is 1.58 bits per heavy atom. The highest BCUT2D eigenvalue weighted by Gasteiger charge is 2.13. The standard InChI is InChI=1S/C19H15FN2O4/c20-14-8-6-13(7-9-14)18(23)21-22-19(24)17-11-10-16(26-17)12-25-15-4-2-1-3-5-15/h1-11H,12H2,(H,21,23)(H,22,24). The number of carbonyl (C=O) groups is 2. The fourth-order valence-electron chi connectivity index (χ4n) is 2.10. The van der Waals surface area contributed by atoms with Crippen molar-refractivity contribution in [2.45, 2.75) is 6.61 Å². The van der Waals surface area contributed by atoms with Crippen LogP contribution in [0.1, 0.15) is 26.7 Å². The Bertz CT molecular complexity index is 891. The summed E-state index contributed by atoms with van der Waals surface area (Å²) in [6.45, 7) is 0.166. The topological polar surface area (TPSA) is 80.6 Å². The lowest BCUT2D eigenvalue weighted by Gasteiger charge is -2.06. The highest BCUT2D eigenvalue weighted by molar-refractivity contribution is 5.97. The van der Waals surface area contributed by atoms with E-state index in [1.165, 1.54) is 18.2 Å². The number of furan rings is 1.